The Morgan fingerprint density at radius 2 is 2.00 bits per heavy atom. The summed E-state index contributed by atoms with van der Waals surface area (Å²) in [4.78, 5) is 26.0. The van der Waals surface area contributed by atoms with E-state index in [1.807, 2.05) is 0 Å². The van der Waals surface area contributed by atoms with Gasteiger partial charge in [0.2, 0.25) is 5.75 Å². The van der Waals surface area contributed by atoms with Gasteiger partial charge >= 0.3 is 11.7 Å². The minimum atomic E-state index is -0.679. The Bertz CT molecular complexity index is 623. The Labute approximate surface area is 108 Å². The van der Waals surface area contributed by atoms with Gasteiger partial charge in [0.05, 0.1) is 10.5 Å². The first-order chi connectivity index (χ1) is 9.08. The van der Waals surface area contributed by atoms with Gasteiger partial charge in [-0.2, -0.15) is 0 Å². The first kappa shape index (κ1) is 12.7. The van der Waals surface area contributed by atoms with Crippen molar-refractivity contribution < 1.29 is 14.5 Å². The van der Waals surface area contributed by atoms with Crippen molar-refractivity contribution in [3.63, 3.8) is 0 Å². The van der Waals surface area contributed by atoms with E-state index in [1.54, 1.807) is 25.1 Å². The molecule has 6 heteroatoms. The van der Waals surface area contributed by atoms with Gasteiger partial charge in [0.25, 0.3) is 0 Å². The normalized spacial score (nSPS) is 9.95. The fraction of sp³-hybridized carbons (Fsp3) is 0.0769. The lowest BCUT2D eigenvalue weighted by Gasteiger charge is -2.04. The third kappa shape index (κ3) is 2.92. The molecule has 0 aliphatic rings. The van der Waals surface area contributed by atoms with Crippen LogP contribution in [-0.2, 0) is 0 Å². The van der Waals surface area contributed by atoms with Crippen LogP contribution in [0.3, 0.4) is 0 Å². The summed E-state index contributed by atoms with van der Waals surface area (Å²) in [5.41, 5.74) is 0.752. The lowest BCUT2D eigenvalue weighted by molar-refractivity contribution is -0.385. The Morgan fingerprint density at radius 3 is 2.63 bits per heavy atom. The van der Waals surface area contributed by atoms with Crippen LogP contribution >= 0.6 is 0 Å². The molecule has 0 bridgehead atoms. The number of hydrogen-bond donors (Lipinski definition) is 0. The molecule has 0 aliphatic carbocycles. The Balaban J connectivity index is 2.24. The predicted molar refractivity (Wildman–Crippen MR) is 67.0 cm³/mol. The molecule has 0 N–H and O–H groups in total. The maximum atomic E-state index is 11.8. The van der Waals surface area contributed by atoms with E-state index in [9.17, 15) is 14.9 Å². The molecule has 1 aromatic carbocycles. The van der Waals surface area contributed by atoms with Crippen LogP contribution < -0.4 is 4.74 Å². The molecule has 0 saturated carbocycles. The Hall–Kier alpha value is -2.76. The Kier molecular flexibility index (Phi) is 3.51. The SMILES string of the molecule is Cc1ccc(C(=O)Oc2ccccc2[N+](=O)[O-])cn1. The quantitative estimate of drug-likeness (QED) is 0.365. The molecule has 0 unspecified atom stereocenters. The van der Waals surface area contributed by atoms with Crippen LogP contribution in [0.15, 0.2) is 42.6 Å². The molecule has 0 atom stereocenters. The second kappa shape index (κ2) is 5.26. The summed E-state index contributed by atoms with van der Waals surface area (Å²) < 4.78 is 5.01. The van der Waals surface area contributed by atoms with Crippen molar-refractivity contribution >= 4 is 11.7 Å². The summed E-state index contributed by atoms with van der Waals surface area (Å²) in [6.07, 6.45) is 1.37. The molecule has 1 heterocycles. The van der Waals surface area contributed by atoms with E-state index in [0.717, 1.165) is 5.69 Å². The third-order valence-electron chi connectivity index (χ3n) is 2.41. The third-order valence-corrected chi connectivity index (χ3v) is 2.41. The number of rotatable bonds is 3. The monoisotopic (exact) mass is 258 g/mol. The van der Waals surface area contributed by atoms with Crippen LogP contribution in [0.25, 0.3) is 0 Å². The van der Waals surface area contributed by atoms with Crippen molar-refractivity contribution in [2.75, 3.05) is 0 Å². The zero-order valence-corrected chi connectivity index (χ0v) is 10.1. The van der Waals surface area contributed by atoms with Crippen molar-refractivity contribution in [1.29, 1.82) is 0 Å². The molecule has 19 heavy (non-hydrogen) atoms. The summed E-state index contributed by atoms with van der Waals surface area (Å²) in [5, 5.41) is 10.8. The van der Waals surface area contributed by atoms with Crippen molar-refractivity contribution in [1.82, 2.24) is 4.98 Å². The van der Waals surface area contributed by atoms with Crippen LogP contribution in [0.4, 0.5) is 5.69 Å². The van der Waals surface area contributed by atoms with Gasteiger partial charge in [-0.05, 0) is 25.1 Å². The van der Waals surface area contributed by atoms with Gasteiger partial charge in [-0.3, -0.25) is 15.1 Å². The van der Waals surface area contributed by atoms with Gasteiger partial charge in [-0.25, -0.2) is 4.79 Å². The van der Waals surface area contributed by atoms with E-state index in [1.165, 1.54) is 24.4 Å². The number of carbonyl (C=O) groups is 1. The number of nitro groups is 1. The molecule has 2 aromatic rings. The Morgan fingerprint density at radius 1 is 1.26 bits per heavy atom. The van der Waals surface area contributed by atoms with E-state index >= 15 is 0 Å². The van der Waals surface area contributed by atoms with Crippen molar-refractivity contribution in [2.45, 2.75) is 6.92 Å². The number of pyridine rings is 1. The van der Waals surface area contributed by atoms with E-state index in [4.69, 9.17) is 4.74 Å². The zero-order valence-electron chi connectivity index (χ0n) is 10.1. The molecule has 0 fully saturated rings. The van der Waals surface area contributed by atoms with Crippen LogP contribution in [0.2, 0.25) is 0 Å². The molecule has 1 aromatic heterocycles. The van der Waals surface area contributed by atoms with Crippen molar-refractivity contribution in [3.8, 4) is 5.75 Å². The zero-order chi connectivity index (χ0) is 13.8. The van der Waals surface area contributed by atoms with E-state index < -0.39 is 10.9 Å². The van der Waals surface area contributed by atoms with Crippen LogP contribution in [0.5, 0.6) is 5.75 Å². The summed E-state index contributed by atoms with van der Waals surface area (Å²) >= 11 is 0. The number of ether oxygens (including phenoxy) is 1. The predicted octanol–water partition coefficient (Wildman–Crippen LogP) is 2.52. The molecule has 2 rings (SSSR count). The number of nitrogens with zero attached hydrogens (tertiary/aromatic N) is 2. The average Bonchev–Trinajstić information content (AvgIpc) is 2.39. The fourth-order valence-corrected chi connectivity index (χ4v) is 1.44. The van der Waals surface area contributed by atoms with E-state index in [-0.39, 0.29) is 17.0 Å². The lowest BCUT2D eigenvalue weighted by Crippen LogP contribution is -2.10. The van der Waals surface area contributed by atoms with E-state index in [2.05, 4.69) is 4.98 Å². The highest BCUT2D eigenvalue weighted by atomic mass is 16.6. The largest absolute Gasteiger partial charge is 0.416 e. The highest BCUT2D eigenvalue weighted by molar-refractivity contribution is 5.91. The van der Waals surface area contributed by atoms with Crippen LogP contribution in [0.1, 0.15) is 16.1 Å². The molecule has 0 amide bonds. The first-order valence-corrected chi connectivity index (χ1v) is 5.46. The number of aryl methyl sites for hydroxylation is 1. The van der Waals surface area contributed by atoms with Gasteiger partial charge < -0.3 is 4.74 Å². The number of carbonyl (C=O) groups excluding carboxylic acids is 1. The standard InChI is InChI=1S/C13H10N2O4/c1-9-6-7-10(8-14-9)13(16)19-12-5-3-2-4-11(12)15(17)18/h2-8H,1H3. The molecular formula is C13H10N2O4. The summed E-state index contributed by atoms with van der Waals surface area (Å²) in [7, 11) is 0. The number of benzene rings is 1. The minimum absolute atomic E-state index is 0.0851. The maximum Gasteiger partial charge on any atom is 0.345 e. The first-order valence-electron chi connectivity index (χ1n) is 5.46. The second-order valence-electron chi connectivity index (χ2n) is 3.80. The number of para-hydroxylation sites is 2. The average molecular weight is 258 g/mol. The smallest absolute Gasteiger partial charge is 0.345 e. The number of nitro benzene ring substituents is 1. The van der Waals surface area contributed by atoms with Gasteiger partial charge in [-0.1, -0.05) is 12.1 Å². The van der Waals surface area contributed by atoms with Gasteiger partial charge in [0.1, 0.15) is 0 Å². The van der Waals surface area contributed by atoms with Crippen LogP contribution in [-0.4, -0.2) is 15.9 Å². The fourth-order valence-electron chi connectivity index (χ4n) is 1.44. The summed E-state index contributed by atoms with van der Waals surface area (Å²) in [6, 6.07) is 8.93. The molecule has 6 nitrogen and oxygen atoms in total. The molecular weight excluding hydrogens is 248 g/mol. The number of hydrogen-bond acceptors (Lipinski definition) is 5. The highest BCUT2D eigenvalue weighted by Gasteiger charge is 2.18. The molecule has 96 valence electrons. The molecule has 0 radical (unpaired) electrons. The van der Waals surface area contributed by atoms with Gasteiger partial charge in [-0.15, -0.1) is 0 Å². The van der Waals surface area contributed by atoms with Gasteiger partial charge in [0.15, 0.2) is 0 Å². The second-order valence-corrected chi connectivity index (χ2v) is 3.80. The van der Waals surface area contributed by atoms with E-state index in [0.29, 0.717) is 0 Å². The maximum absolute atomic E-state index is 11.8. The molecule has 0 saturated heterocycles. The summed E-state index contributed by atoms with van der Waals surface area (Å²) in [5.74, 6) is -0.764. The van der Waals surface area contributed by atoms with Crippen LogP contribution in [0, 0.1) is 17.0 Å². The molecule has 0 aliphatic heterocycles. The van der Waals surface area contributed by atoms with Crippen molar-refractivity contribution in [2.24, 2.45) is 0 Å². The topological polar surface area (TPSA) is 82.3 Å². The lowest BCUT2D eigenvalue weighted by atomic mass is 10.2. The number of aromatic nitrogens is 1. The van der Waals surface area contributed by atoms with Gasteiger partial charge in [0, 0.05) is 18.0 Å². The van der Waals surface area contributed by atoms with Crippen molar-refractivity contribution in [3.05, 3.63) is 64.0 Å². The summed E-state index contributed by atoms with van der Waals surface area (Å²) in [6.45, 7) is 1.79. The minimum Gasteiger partial charge on any atom is -0.416 e. The molecule has 0 spiro atoms. The highest BCUT2D eigenvalue weighted by Crippen LogP contribution is 2.26. The number of esters is 1.